The van der Waals surface area contributed by atoms with E-state index in [-0.39, 0.29) is 0 Å². The van der Waals surface area contributed by atoms with Crippen molar-refractivity contribution in [3.05, 3.63) is 0 Å². The van der Waals surface area contributed by atoms with Crippen molar-refractivity contribution in [3.8, 4) is 0 Å². The summed E-state index contributed by atoms with van der Waals surface area (Å²) in [4.78, 5) is 4.85. The fourth-order valence-corrected chi connectivity index (χ4v) is 4.84. The van der Waals surface area contributed by atoms with Crippen LogP contribution >= 0.6 is 0 Å². The highest BCUT2D eigenvalue weighted by Crippen LogP contribution is 2.48. The van der Waals surface area contributed by atoms with Gasteiger partial charge < -0.3 is 15.4 Å². The van der Waals surface area contributed by atoms with Crippen molar-refractivity contribution in [2.45, 2.75) is 70.1 Å². The molecule has 3 atom stereocenters. The minimum atomic E-state index is -0.678. The van der Waals surface area contributed by atoms with Crippen molar-refractivity contribution in [2.75, 3.05) is 32.6 Å². The fourth-order valence-electron chi connectivity index (χ4n) is 3.49. The van der Waals surface area contributed by atoms with Gasteiger partial charge in [0.05, 0.1) is 0 Å². The van der Waals surface area contributed by atoms with Gasteiger partial charge in [0, 0.05) is 54.7 Å². The maximum Gasteiger partial charge on any atom is 0.191 e. The number of rotatable bonds is 9. The first-order valence-corrected chi connectivity index (χ1v) is 10.9. The van der Waals surface area contributed by atoms with Gasteiger partial charge in [0.25, 0.3) is 0 Å². The summed E-state index contributed by atoms with van der Waals surface area (Å²) in [5.74, 6) is 1.70. The van der Waals surface area contributed by atoms with Crippen LogP contribution in [0.1, 0.15) is 58.8 Å². The highest BCUT2D eigenvalue weighted by Gasteiger charge is 2.41. The van der Waals surface area contributed by atoms with Gasteiger partial charge in [-0.05, 0) is 50.9 Å². The van der Waals surface area contributed by atoms with Crippen molar-refractivity contribution in [1.82, 2.24) is 10.6 Å². The van der Waals surface area contributed by atoms with E-state index in [2.05, 4.69) is 17.6 Å². The maximum atomic E-state index is 12.1. The molecule has 0 bridgehead atoms. The van der Waals surface area contributed by atoms with E-state index in [1.54, 1.807) is 7.11 Å². The molecule has 6 heteroatoms. The van der Waals surface area contributed by atoms with Crippen LogP contribution in [0.2, 0.25) is 0 Å². The van der Waals surface area contributed by atoms with Crippen LogP contribution in [0.5, 0.6) is 0 Å². The second kappa shape index (κ2) is 9.76. The molecule has 0 aliphatic heterocycles. The number of hydrogen-bond donors (Lipinski definition) is 2. The molecular weight excluding hydrogens is 322 g/mol. The van der Waals surface area contributed by atoms with Crippen LogP contribution in [-0.2, 0) is 15.5 Å². The van der Waals surface area contributed by atoms with Gasteiger partial charge in [-0.3, -0.25) is 9.20 Å². The minimum Gasteiger partial charge on any atom is -0.385 e. The van der Waals surface area contributed by atoms with Gasteiger partial charge in [-0.25, -0.2) is 0 Å². The summed E-state index contributed by atoms with van der Waals surface area (Å²) in [6.07, 6.45) is 8.04. The molecule has 2 N–H and O–H groups in total. The normalized spacial score (nSPS) is 27.5. The average Bonchev–Trinajstić information content (AvgIpc) is 3.38. The Morgan fingerprint density at radius 2 is 2.12 bits per heavy atom. The van der Waals surface area contributed by atoms with Crippen LogP contribution < -0.4 is 10.6 Å². The molecule has 0 radical (unpaired) electrons. The van der Waals surface area contributed by atoms with E-state index >= 15 is 0 Å². The van der Waals surface area contributed by atoms with Gasteiger partial charge in [0.15, 0.2) is 5.96 Å². The average molecular weight is 358 g/mol. The summed E-state index contributed by atoms with van der Waals surface area (Å²) in [5.41, 5.74) is 0.372. The monoisotopic (exact) mass is 357 g/mol. The second-order valence-electron chi connectivity index (χ2n) is 7.24. The van der Waals surface area contributed by atoms with Gasteiger partial charge in [-0.2, -0.15) is 0 Å². The first kappa shape index (κ1) is 19.7. The predicted molar refractivity (Wildman–Crippen MR) is 102 cm³/mol. The minimum absolute atomic E-state index is 0.348. The van der Waals surface area contributed by atoms with E-state index in [1.165, 1.54) is 12.8 Å². The highest BCUT2D eigenvalue weighted by atomic mass is 32.2. The van der Waals surface area contributed by atoms with E-state index < -0.39 is 10.8 Å². The molecule has 0 spiro atoms. The Balaban J connectivity index is 1.88. The van der Waals surface area contributed by atoms with Crippen LogP contribution in [0, 0.1) is 5.41 Å². The third-order valence-corrected chi connectivity index (χ3v) is 7.07. The third-order valence-electron chi connectivity index (χ3n) is 5.33. The molecule has 0 heterocycles. The number of methoxy groups -OCH3 is 1. The Hall–Kier alpha value is -0.620. The molecule has 2 saturated carbocycles. The molecule has 0 amide bonds. The molecule has 3 unspecified atom stereocenters. The smallest absolute Gasteiger partial charge is 0.191 e. The highest BCUT2D eigenvalue weighted by molar-refractivity contribution is 7.85. The maximum absolute atomic E-state index is 12.1. The summed E-state index contributed by atoms with van der Waals surface area (Å²) in [5, 5.41) is 7.32. The number of aliphatic imine (C=N–C) groups is 1. The molecule has 0 aromatic heterocycles. The first-order valence-electron chi connectivity index (χ1n) is 9.53. The summed E-state index contributed by atoms with van der Waals surface area (Å²) in [6.45, 7) is 6.70. The van der Waals surface area contributed by atoms with Gasteiger partial charge in [0.1, 0.15) is 0 Å². The van der Waals surface area contributed by atoms with Crippen LogP contribution in [0.25, 0.3) is 0 Å². The van der Waals surface area contributed by atoms with E-state index in [4.69, 9.17) is 9.73 Å². The Morgan fingerprint density at radius 3 is 2.75 bits per heavy atom. The Bertz CT molecular complexity index is 438. The molecule has 2 aliphatic carbocycles. The lowest BCUT2D eigenvalue weighted by molar-refractivity contribution is 0.174. The quantitative estimate of drug-likeness (QED) is 0.491. The number of ether oxygens (including phenoxy) is 1. The standard InChI is InChI=1S/C18H35N3O2S/c1-4-19-17(20-14-18(9-10-18)11-12-23-3)21-15-7-6-8-16(13-15)24(22)5-2/h15-16H,4-14H2,1-3H3,(H2,19,20,21). The Morgan fingerprint density at radius 1 is 1.33 bits per heavy atom. The lowest BCUT2D eigenvalue weighted by atomic mass is 9.95. The molecule has 0 aromatic rings. The predicted octanol–water partition coefficient (Wildman–Crippen LogP) is 2.44. The Labute approximate surface area is 149 Å². The number of guanidine groups is 1. The molecule has 140 valence electrons. The summed E-state index contributed by atoms with van der Waals surface area (Å²) in [6, 6.07) is 0.395. The number of hydrogen-bond acceptors (Lipinski definition) is 3. The molecule has 0 saturated heterocycles. The lowest BCUT2D eigenvalue weighted by Crippen LogP contribution is -2.46. The van der Waals surface area contributed by atoms with Gasteiger partial charge in [-0.1, -0.05) is 13.3 Å². The zero-order chi connectivity index (χ0) is 17.4. The second-order valence-corrected chi connectivity index (χ2v) is 9.24. The molecule has 24 heavy (non-hydrogen) atoms. The SMILES string of the molecule is CCNC(=NCC1(CCOC)CC1)NC1CCCC(S(=O)CC)C1. The van der Waals surface area contributed by atoms with E-state index in [1.807, 2.05) is 6.92 Å². The van der Waals surface area contributed by atoms with Crippen LogP contribution in [-0.4, -0.2) is 54.0 Å². The topological polar surface area (TPSA) is 62.7 Å². The van der Waals surface area contributed by atoms with Crippen molar-refractivity contribution in [3.63, 3.8) is 0 Å². The van der Waals surface area contributed by atoms with Crippen molar-refractivity contribution < 1.29 is 8.95 Å². The largest absolute Gasteiger partial charge is 0.385 e. The van der Waals surface area contributed by atoms with E-state index in [9.17, 15) is 4.21 Å². The van der Waals surface area contributed by atoms with Crippen molar-refractivity contribution in [1.29, 1.82) is 0 Å². The van der Waals surface area contributed by atoms with E-state index in [0.717, 1.165) is 63.5 Å². The molecule has 2 fully saturated rings. The van der Waals surface area contributed by atoms with Gasteiger partial charge in [-0.15, -0.1) is 0 Å². The molecular formula is C18H35N3O2S. The van der Waals surface area contributed by atoms with Crippen LogP contribution in [0.3, 0.4) is 0 Å². The van der Waals surface area contributed by atoms with Gasteiger partial charge in [0.2, 0.25) is 0 Å². The zero-order valence-electron chi connectivity index (χ0n) is 15.6. The number of nitrogens with zero attached hydrogens (tertiary/aromatic N) is 1. The summed E-state index contributed by atoms with van der Waals surface area (Å²) in [7, 11) is 1.09. The van der Waals surface area contributed by atoms with Crippen LogP contribution in [0.15, 0.2) is 4.99 Å². The van der Waals surface area contributed by atoms with Crippen molar-refractivity contribution in [2.24, 2.45) is 10.4 Å². The summed E-state index contributed by atoms with van der Waals surface area (Å²) >= 11 is 0. The van der Waals surface area contributed by atoms with Crippen LogP contribution in [0.4, 0.5) is 0 Å². The number of nitrogens with one attached hydrogen (secondary N) is 2. The fraction of sp³-hybridized carbons (Fsp3) is 0.944. The lowest BCUT2D eigenvalue weighted by Gasteiger charge is -2.30. The molecule has 2 aliphatic rings. The molecule has 0 aromatic carbocycles. The van der Waals surface area contributed by atoms with Gasteiger partial charge >= 0.3 is 0 Å². The zero-order valence-corrected chi connectivity index (χ0v) is 16.4. The Kier molecular flexibility index (Phi) is 8.01. The first-order chi connectivity index (χ1) is 11.6. The van der Waals surface area contributed by atoms with Crippen molar-refractivity contribution >= 4 is 16.8 Å². The molecule has 2 rings (SSSR count). The van der Waals surface area contributed by atoms with E-state index in [0.29, 0.717) is 16.7 Å². The third kappa shape index (κ3) is 6.03. The summed E-state index contributed by atoms with van der Waals surface area (Å²) < 4.78 is 17.3. The molecule has 5 nitrogen and oxygen atoms in total.